The van der Waals surface area contributed by atoms with Gasteiger partial charge in [0, 0.05) is 24.5 Å². The lowest BCUT2D eigenvalue weighted by atomic mass is 10.2. The lowest BCUT2D eigenvalue weighted by molar-refractivity contribution is 0.769. The van der Waals surface area contributed by atoms with Crippen LogP contribution in [0.2, 0.25) is 0 Å². The Bertz CT molecular complexity index is 516. The van der Waals surface area contributed by atoms with E-state index in [4.69, 9.17) is 5.84 Å². The van der Waals surface area contributed by atoms with Crippen molar-refractivity contribution in [1.82, 2.24) is 19.7 Å². The van der Waals surface area contributed by atoms with Crippen LogP contribution in [0, 0.1) is 13.8 Å². The number of nitrogens with two attached hydrogens (primary N) is 1. The Labute approximate surface area is 93.5 Å². The molecule has 6 nitrogen and oxygen atoms in total. The zero-order valence-corrected chi connectivity index (χ0v) is 9.52. The highest BCUT2D eigenvalue weighted by Crippen LogP contribution is 2.20. The molecule has 0 amide bonds. The lowest BCUT2D eigenvalue weighted by Crippen LogP contribution is -2.13. The van der Waals surface area contributed by atoms with Crippen LogP contribution in [-0.4, -0.2) is 19.7 Å². The Morgan fingerprint density at radius 3 is 2.62 bits per heavy atom. The van der Waals surface area contributed by atoms with Crippen LogP contribution in [0.1, 0.15) is 11.3 Å². The first kappa shape index (κ1) is 10.6. The summed E-state index contributed by atoms with van der Waals surface area (Å²) in [6.45, 7) is 3.86. The topological polar surface area (TPSA) is 81.7 Å². The highest BCUT2D eigenvalue weighted by molar-refractivity contribution is 5.55. The van der Waals surface area contributed by atoms with E-state index in [1.54, 1.807) is 10.9 Å². The minimum atomic E-state index is 0.621. The van der Waals surface area contributed by atoms with E-state index in [0.29, 0.717) is 11.6 Å². The van der Waals surface area contributed by atoms with Crippen LogP contribution in [0.15, 0.2) is 12.3 Å². The minimum Gasteiger partial charge on any atom is -0.308 e. The van der Waals surface area contributed by atoms with Crippen LogP contribution < -0.4 is 11.3 Å². The molecule has 0 aromatic carbocycles. The summed E-state index contributed by atoms with van der Waals surface area (Å²) in [5.74, 6) is 6.68. The van der Waals surface area contributed by atoms with Crippen molar-refractivity contribution in [2.45, 2.75) is 13.8 Å². The Morgan fingerprint density at radius 2 is 2.06 bits per heavy atom. The van der Waals surface area contributed by atoms with E-state index in [1.807, 2.05) is 27.0 Å². The van der Waals surface area contributed by atoms with Crippen molar-refractivity contribution < 1.29 is 0 Å². The number of hydrazine groups is 1. The van der Waals surface area contributed by atoms with Gasteiger partial charge in [-0.3, -0.25) is 4.68 Å². The van der Waals surface area contributed by atoms with Crippen LogP contribution in [0.3, 0.4) is 0 Å². The van der Waals surface area contributed by atoms with Crippen LogP contribution in [-0.2, 0) is 7.05 Å². The number of aryl methyl sites for hydroxylation is 2. The molecule has 0 aliphatic rings. The van der Waals surface area contributed by atoms with Gasteiger partial charge in [-0.25, -0.2) is 15.8 Å². The fourth-order valence-electron chi connectivity index (χ4n) is 1.48. The number of nitrogen functional groups attached to an aromatic ring is 1. The number of nitrogens with zero attached hydrogens (tertiary/aromatic N) is 4. The quantitative estimate of drug-likeness (QED) is 0.575. The largest absolute Gasteiger partial charge is 0.308 e. The van der Waals surface area contributed by atoms with Gasteiger partial charge in [0.05, 0.1) is 0 Å². The van der Waals surface area contributed by atoms with Crippen molar-refractivity contribution in [3.63, 3.8) is 0 Å². The Morgan fingerprint density at radius 1 is 1.31 bits per heavy atom. The minimum absolute atomic E-state index is 0.621. The van der Waals surface area contributed by atoms with Gasteiger partial charge in [0.25, 0.3) is 0 Å². The maximum Gasteiger partial charge on any atom is 0.180 e. The van der Waals surface area contributed by atoms with Crippen molar-refractivity contribution in [3.8, 4) is 11.5 Å². The second-order valence-electron chi connectivity index (χ2n) is 3.59. The first-order chi connectivity index (χ1) is 7.63. The Kier molecular flexibility index (Phi) is 2.57. The smallest absolute Gasteiger partial charge is 0.180 e. The average molecular weight is 218 g/mol. The monoisotopic (exact) mass is 218 g/mol. The van der Waals surface area contributed by atoms with Crippen LogP contribution in [0.5, 0.6) is 0 Å². The predicted molar refractivity (Wildman–Crippen MR) is 61.5 cm³/mol. The normalized spacial score (nSPS) is 10.5. The molecule has 2 heterocycles. The van der Waals surface area contributed by atoms with Gasteiger partial charge in [0.2, 0.25) is 0 Å². The predicted octanol–water partition coefficient (Wildman–Crippen LogP) is 0.780. The van der Waals surface area contributed by atoms with E-state index in [9.17, 15) is 0 Å². The van der Waals surface area contributed by atoms with Gasteiger partial charge in [0.1, 0.15) is 11.5 Å². The van der Waals surface area contributed by atoms with E-state index in [2.05, 4.69) is 20.5 Å². The van der Waals surface area contributed by atoms with Gasteiger partial charge in [-0.1, -0.05) is 0 Å². The number of aromatic nitrogens is 4. The average Bonchev–Trinajstić information content (AvgIpc) is 2.68. The van der Waals surface area contributed by atoms with Crippen molar-refractivity contribution in [2.24, 2.45) is 12.9 Å². The molecule has 2 aromatic heterocycles. The third kappa shape index (κ3) is 1.63. The molecule has 0 unspecified atom stereocenters. The molecule has 0 radical (unpaired) electrons. The van der Waals surface area contributed by atoms with Crippen molar-refractivity contribution in [3.05, 3.63) is 23.5 Å². The number of anilines is 1. The Hall–Kier alpha value is -1.95. The van der Waals surface area contributed by atoms with E-state index in [1.165, 1.54) is 0 Å². The molecule has 3 N–H and O–H groups in total. The van der Waals surface area contributed by atoms with Crippen LogP contribution >= 0.6 is 0 Å². The maximum absolute atomic E-state index is 5.42. The second kappa shape index (κ2) is 3.90. The van der Waals surface area contributed by atoms with Gasteiger partial charge in [-0.2, -0.15) is 5.10 Å². The number of hydrogen-bond donors (Lipinski definition) is 2. The summed E-state index contributed by atoms with van der Waals surface area (Å²) >= 11 is 0. The summed E-state index contributed by atoms with van der Waals surface area (Å²) in [7, 11) is 1.85. The van der Waals surface area contributed by atoms with Crippen molar-refractivity contribution >= 4 is 5.82 Å². The molecule has 0 aliphatic heterocycles. The summed E-state index contributed by atoms with van der Waals surface area (Å²) in [5, 5.41) is 4.09. The molecular weight excluding hydrogens is 204 g/mol. The molecule has 0 atom stereocenters. The number of rotatable bonds is 2. The zero-order valence-electron chi connectivity index (χ0n) is 9.52. The molecule has 0 saturated heterocycles. The summed E-state index contributed by atoms with van der Waals surface area (Å²) in [6.07, 6.45) is 1.71. The molecule has 0 aliphatic carbocycles. The molecular formula is C10H14N6. The summed E-state index contributed by atoms with van der Waals surface area (Å²) in [5.41, 5.74) is 5.29. The standard InChI is InChI=1S/C10H14N6/c1-6-7(2)13-10(14-9(6)15-11)8-4-5-12-16(8)3/h4-5H,11H2,1-3H3,(H,13,14,15). The van der Waals surface area contributed by atoms with E-state index in [0.717, 1.165) is 17.0 Å². The highest BCUT2D eigenvalue weighted by atomic mass is 15.3. The van der Waals surface area contributed by atoms with Gasteiger partial charge in [-0.15, -0.1) is 0 Å². The third-order valence-corrected chi connectivity index (χ3v) is 2.58. The third-order valence-electron chi connectivity index (χ3n) is 2.58. The maximum atomic E-state index is 5.42. The summed E-state index contributed by atoms with van der Waals surface area (Å²) in [4.78, 5) is 8.76. The number of hydrogen-bond acceptors (Lipinski definition) is 5. The molecule has 6 heteroatoms. The van der Waals surface area contributed by atoms with Gasteiger partial charge < -0.3 is 5.43 Å². The highest BCUT2D eigenvalue weighted by Gasteiger charge is 2.11. The molecule has 2 aromatic rings. The van der Waals surface area contributed by atoms with Gasteiger partial charge in [-0.05, 0) is 19.9 Å². The van der Waals surface area contributed by atoms with E-state index in [-0.39, 0.29) is 0 Å². The first-order valence-electron chi connectivity index (χ1n) is 4.93. The number of nitrogens with one attached hydrogen (secondary N) is 1. The van der Waals surface area contributed by atoms with E-state index >= 15 is 0 Å². The molecule has 0 bridgehead atoms. The van der Waals surface area contributed by atoms with Gasteiger partial charge in [0.15, 0.2) is 5.82 Å². The van der Waals surface area contributed by atoms with Gasteiger partial charge >= 0.3 is 0 Å². The van der Waals surface area contributed by atoms with E-state index < -0.39 is 0 Å². The summed E-state index contributed by atoms with van der Waals surface area (Å²) in [6, 6.07) is 1.87. The van der Waals surface area contributed by atoms with Crippen molar-refractivity contribution in [1.29, 1.82) is 0 Å². The second-order valence-corrected chi connectivity index (χ2v) is 3.59. The first-order valence-corrected chi connectivity index (χ1v) is 4.93. The molecule has 0 spiro atoms. The molecule has 16 heavy (non-hydrogen) atoms. The molecule has 2 rings (SSSR count). The summed E-state index contributed by atoms with van der Waals surface area (Å²) < 4.78 is 1.73. The van der Waals surface area contributed by atoms with Crippen LogP contribution in [0.4, 0.5) is 5.82 Å². The fourth-order valence-corrected chi connectivity index (χ4v) is 1.48. The fraction of sp³-hybridized carbons (Fsp3) is 0.300. The van der Waals surface area contributed by atoms with Crippen LogP contribution in [0.25, 0.3) is 11.5 Å². The molecule has 0 fully saturated rings. The zero-order chi connectivity index (χ0) is 11.7. The molecule has 0 saturated carbocycles. The lowest BCUT2D eigenvalue weighted by Gasteiger charge is -2.09. The van der Waals surface area contributed by atoms with Crippen molar-refractivity contribution in [2.75, 3.05) is 5.43 Å². The Balaban J connectivity index is 2.59. The SMILES string of the molecule is Cc1nc(-c2ccnn2C)nc(NN)c1C. The molecule has 84 valence electrons.